The minimum atomic E-state index is 0.315. The van der Waals surface area contributed by atoms with Crippen molar-refractivity contribution in [3.05, 3.63) is 36.0 Å². The Morgan fingerprint density at radius 3 is 2.84 bits per heavy atom. The average Bonchev–Trinajstić information content (AvgIpc) is 2.37. The van der Waals surface area contributed by atoms with Crippen molar-refractivity contribution in [1.82, 2.24) is 4.98 Å². The number of fused-ring (bicyclic) bond motifs is 1. The molecule has 3 nitrogen and oxygen atoms in total. The SMILES string of the molecule is COCC(Br)CN(C)c1cc(C)nc2ccccc12. The summed E-state index contributed by atoms with van der Waals surface area (Å²) < 4.78 is 5.17. The fourth-order valence-corrected chi connectivity index (χ4v) is 2.93. The molecule has 2 aromatic rings. The third kappa shape index (κ3) is 3.45. The fraction of sp³-hybridized carbons (Fsp3) is 0.400. The number of ether oxygens (including phenoxy) is 1. The third-order valence-electron chi connectivity index (χ3n) is 3.05. The van der Waals surface area contributed by atoms with Crippen LogP contribution >= 0.6 is 15.9 Å². The summed E-state index contributed by atoms with van der Waals surface area (Å²) in [5.41, 5.74) is 3.30. The Morgan fingerprint density at radius 2 is 2.11 bits per heavy atom. The second-order valence-corrected chi connectivity index (χ2v) is 6.03. The summed E-state index contributed by atoms with van der Waals surface area (Å²) in [6.45, 7) is 3.62. The number of methoxy groups -OCH3 is 1. The van der Waals surface area contributed by atoms with Crippen molar-refractivity contribution < 1.29 is 4.74 Å². The Morgan fingerprint density at radius 1 is 1.37 bits per heavy atom. The number of aryl methyl sites for hydroxylation is 1. The molecule has 4 heteroatoms. The van der Waals surface area contributed by atoms with Gasteiger partial charge in [-0.1, -0.05) is 34.1 Å². The molecule has 0 N–H and O–H groups in total. The maximum Gasteiger partial charge on any atom is 0.0726 e. The van der Waals surface area contributed by atoms with Gasteiger partial charge < -0.3 is 9.64 Å². The lowest BCUT2D eigenvalue weighted by molar-refractivity contribution is 0.202. The summed E-state index contributed by atoms with van der Waals surface area (Å²) in [5.74, 6) is 0. The first-order chi connectivity index (χ1) is 9.11. The molecule has 0 amide bonds. The molecule has 0 spiro atoms. The van der Waals surface area contributed by atoms with Crippen LogP contribution in [0.4, 0.5) is 5.69 Å². The molecule has 19 heavy (non-hydrogen) atoms. The summed E-state index contributed by atoms with van der Waals surface area (Å²) in [7, 11) is 3.82. The molecule has 0 aliphatic carbocycles. The fourth-order valence-electron chi connectivity index (χ4n) is 2.23. The van der Waals surface area contributed by atoms with Gasteiger partial charge in [-0.3, -0.25) is 4.98 Å². The van der Waals surface area contributed by atoms with Crippen LogP contribution in [0.3, 0.4) is 0 Å². The monoisotopic (exact) mass is 322 g/mol. The van der Waals surface area contributed by atoms with E-state index in [-0.39, 0.29) is 0 Å². The Bertz CT molecular complexity index is 559. The van der Waals surface area contributed by atoms with Gasteiger partial charge in [-0.25, -0.2) is 0 Å². The molecule has 1 aromatic heterocycles. The zero-order chi connectivity index (χ0) is 13.8. The molecular formula is C15H19BrN2O. The molecule has 0 bridgehead atoms. The van der Waals surface area contributed by atoms with Gasteiger partial charge in [-0.2, -0.15) is 0 Å². The molecule has 0 saturated heterocycles. The van der Waals surface area contributed by atoms with Crippen molar-refractivity contribution >= 4 is 32.5 Å². The number of benzene rings is 1. The van der Waals surface area contributed by atoms with Crippen LogP contribution < -0.4 is 4.90 Å². The van der Waals surface area contributed by atoms with E-state index in [9.17, 15) is 0 Å². The maximum absolute atomic E-state index is 5.17. The quantitative estimate of drug-likeness (QED) is 0.789. The molecule has 1 unspecified atom stereocenters. The van der Waals surface area contributed by atoms with Crippen LogP contribution in [-0.4, -0.2) is 37.1 Å². The molecule has 1 aromatic carbocycles. The van der Waals surface area contributed by atoms with E-state index < -0.39 is 0 Å². The van der Waals surface area contributed by atoms with E-state index in [0.717, 1.165) is 17.8 Å². The number of rotatable bonds is 5. The molecule has 1 heterocycles. The second-order valence-electron chi connectivity index (χ2n) is 4.73. The minimum Gasteiger partial charge on any atom is -0.383 e. The van der Waals surface area contributed by atoms with Crippen molar-refractivity contribution in [2.24, 2.45) is 0 Å². The van der Waals surface area contributed by atoms with E-state index in [1.54, 1.807) is 7.11 Å². The van der Waals surface area contributed by atoms with E-state index >= 15 is 0 Å². The highest BCUT2D eigenvalue weighted by Gasteiger charge is 2.12. The highest BCUT2D eigenvalue weighted by Crippen LogP contribution is 2.26. The number of halogens is 1. The summed E-state index contributed by atoms with van der Waals surface area (Å²) >= 11 is 3.64. The number of hydrogen-bond donors (Lipinski definition) is 0. The van der Waals surface area contributed by atoms with Gasteiger partial charge in [0, 0.05) is 37.5 Å². The standard InChI is InChI=1S/C15H19BrN2O/c1-11-8-15(18(2)9-12(16)10-19-3)13-6-4-5-7-14(13)17-11/h4-8,12H,9-10H2,1-3H3. The van der Waals surface area contributed by atoms with Crippen molar-refractivity contribution in [2.75, 3.05) is 32.2 Å². The van der Waals surface area contributed by atoms with Gasteiger partial charge >= 0.3 is 0 Å². The van der Waals surface area contributed by atoms with Crippen molar-refractivity contribution in [2.45, 2.75) is 11.8 Å². The number of anilines is 1. The molecule has 102 valence electrons. The van der Waals surface area contributed by atoms with E-state index in [1.807, 2.05) is 13.0 Å². The molecule has 0 radical (unpaired) electrons. The van der Waals surface area contributed by atoms with Crippen LogP contribution in [0.25, 0.3) is 10.9 Å². The number of aromatic nitrogens is 1. The maximum atomic E-state index is 5.17. The normalized spacial score (nSPS) is 12.6. The Kier molecular flexibility index (Phi) is 4.77. The Balaban J connectivity index is 2.33. The Hall–Kier alpha value is -1.13. The molecule has 2 rings (SSSR count). The van der Waals surface area contributed by atoms with E-state index in [4.69, 9.17) is 4.74 Å². The lowest BCUT2D eigenvalue weighted by Crippen LogP contribution is -2.28. The third-order valence-corrected chi connectivity index (χ3v) is 3.61. The van der Waals surface area contributed by atoms with Gasteiger partial charge in [-0.05, 0) is 19.1 Å². The second kappa shape index (κ2) is 6.35. The lowest BCUT2D eigenvalue weighted by atomic mass is 10.1. The summed E-state index contributed by atoms with van der Waals surface area (Å²) in [4.78, 5) is 7.13. The van der Waals surface area contributed by atoms with Gasteiger partial charge in [0.1, 0.15) is 0 Å². The molecular weight excluding hydrogens is 304 g/mol. The largest absolute Gasteiger partial charge is 0.383 e. The predicted octanol–water partition coefficient (Wildman–Crippen LogP) is 3.39. The number of nitrogens with zero attached hydrogens (tertiary/aromatic N) is 2. The summed E-state index contributed by atoms with van der Waals surface area (Å²) in [6.07, 6.45) is 0. The Labute approximate surface area is 122 Å². The van der Waals surface area contributed by atoms with Crippen molar-refractivity contribution in [3.8, 4) is 0 Å². The van der Waals surface area contributed by atoms with E-state index in [0.29, 0.717) is 11.4 Å². The van der Waals surface area contributed by atoms with Crippen LogP contribution in [0, 0.1) is 6.92 Å². The summed E-state index contributed by atoms with van der Waals surface area (Å²) in [5, 5.41) is 1.19. The highest BCUT2D eigenvalue weighted by atomic mass is 79.9. The summed E-state index contributed by atoms with van der Waals surface area (Å²) in [6, 6.07) is 10.4. The molecule has 0 saturated carbocycles. The van der Waals surface area contributed by atoms with Gasteiger partial charge in [-0.15, -0.1) is 0 Å². The first-order valence-corrected chi connectivity index (χ1v) is 7.24. The van der Waals surface area contributed by atoms with Crippen LogP contribution in [0.1, 0.15) is 5.69 Å². The van der Waals surface area contributed by atoms with Gasteiger partial charge in [0.2, 0.25) is 0 Å². The van der Waals surface area contributed by atoms with Crippen LogP contribution in [0.15, 0.2) is 30.3 Å². The average molecular weight is 323 g/mol. The highest BCUT2D eigenvalue weighted by molar-refractivity contribution is 9.09. The zero-order valence-corrected chi connectivity index (χ0v) is 13.1. The minimum absolute atomic E-state index is 0.315. The molecule has 1 atom stereocenters. The van der Waals surface area contributed by atoms with E-state index in [1.165, 1.54) is 11.1 Å². The number of para-hydroxylation sites is 1. The zero-order valence-electron chi connectivity index (χ0n) is 11.6. The van der Waals surface area contributed by atoms with Crippen LogP contribution in [0.2, 0.25) is 0 Å². The number of hydrogen-bond acceptors (Lipinski definition) is 3. The van der Waals surface area contributed by atoms with E-state index in [2.05, 4.69) is 57.1 Å². The molecule has 0 aliphatic rings. The predicted molar refractivity (Wildman–Crippen MR) is 84.3 cm³/mol. The van der Waals surface area contributed by atoms with Gasteiger partial charge in [0.25, 0.3) is 0 Å². The smallest absolute Gasteiger partial charge is 0.0726 e. The molecule has 0 fully saturated rings. The van der Waals surface area contributed by atoms with Gasteiger partial charge in [0.15, 0.2) is 0 Å². The van der Waals surface area contributed by atoms with Crippen molar-refractivity contribution in [3.63, 3.8) is 0 Å². The number of pyridine rings is 1. The lowest BCUT2D eigenvalue weighted by Gasteiger charge is -2.24. The number of alkyl halides is 1. The van der Waals surface area contributed by atoms with Crippen LogP contribution in [-0.2, 0) is 4.74 Å². The first-order valence-electron chi connectivity index (χ1n) is 6.32. The van der Waals surface area contributed by atoms with Crippen LogP contribution in [0.5, 0.6) is 0 Å². The van der Waals surface area contributed by atoms with Gasteiger partial charge in [0.05, 0.1) is 17.0 Å². The topological polar surface area (TPSA) is 25.4 Å². The molecule has 0 aliphatic heterocycles. The van der Waals surface area contributed by atoms with Crippen molar-refractivity contribution in [1.29, 1.82) is 0 Å². The first kappa shape index (κ1) is 14.3.